The number of aliphatic hydroxyl groups is 2. The molecule has 16 heteroatoms. The zero-order chi connectivity index (χ0) is 41.4. The molecule has 7 heterocycles. The van der Waals surface area contributed by atoms with Crippen molar-refractivity contribution in [3.8, 4) is 0 Å². The summed E-state index contributed by atoms with van der Waals surface area (Å²) in [5, 5.41) is 31.8. The summed E-state index contributed by atoms with van der Waals surface area (Å²) in [7, 11) is 0. The fourth-order valence-corrected chi connectivity index (χ4v) is 7.86. The topological polar surface area (TPSA) is 183 Å². The Morgan fingerprint density at radius 1 is 0.746 bits per heavy atom. The largest absolute Gasteiger partial charge is 0.463 e. The number of carbonyl (C=O) groups is 1. The third kappa shape index (κ3) is 8.22. The molecular formula is C43H48N6O10. The van der Waals surface area contributed by atoms with E-state index in [4.69, 9.17) is 33.2 Å². The lowest BCUT2D eigenvalue weighted by molar-refractivity contribution is -0.286. The van der Waals surface area contributed by atoms with Crippen molar-refractivity contribution in [1.82, 2.24) is 29.2 Å². The number of rotatable bonds is 11. The number of hydrogen-bond donors (Lipinski definition) is 2. The molecule has 4 aromatic heterocycles. The van der Waals surface area contributed by atoms with Crippen LogP contribution in [-0.4, -0.2) is 94.9 Å². The second-order valence-corrected chi connectivity index (χ2v) is 15.4. The van der Waals surface area contributed by atoms with Crippen molar-refractivity contribution in [1.29, 1.82) is 0 Å². The summed E-state index contributed by atoms with van der Waals surface area (Å²) >= 11 is 0. The lowest BCUT2D eigenvalue weighted by Gasteiger charge is -2.29. The Labute approximate surface area is 340 Å². The third-order valence-electron chi connectivity index (χ3n) is 10.7. The highest BCUT2D eigenvalue weighted by Gasteiger charge is 2.64. The highest BCUT2D eigenvalue weighted by Crippen LogP contribution is 2.48. The number of ether oxygens (including phenoxy) is 7. The van der Waals surface area contributed by atoms with Crippen LogP contribution in [-0.2, 0) is 62.7 Å². The van der Waals surface area contributed by atoms with Gasteiger partial charge in [-0.3, -0.25) is 4.79 Å². The van der Waals surface area contributed by atoms with Crippen LogP contribution < -0.4 is 0 Å². The normalized spacial score (nSPS) is 27.1. The van der Waals surface area contributed by atoms with Crippen LogP contribution in [0.1, 0.15) is 61.1 Å². The Balaban J connectivity index is 0.000000169. The van der Waals surface area contributed by atoms with E-state index in [9.17, 15) is 15.0 Å². The predicted molar refractivity (Wildman–Crippen MR) is 209 cm³/mol. The monoisotopic (exact) mass is 808 g/mol. The molecule has 0 saturated carbocycles. The Morgan fingerprint density at radius 2 is 1.32 bits per heavy atom. The van der Waals surface area contributed by atoms with Crippen LogP contribution in [0.4, 0.5) is 0 Å². The van der Waals surface area contributed by atoms with E-state index < -0.39 is 47.7 Å². The predicted octanol–water partition coefficient (Wildman–Crippen LogP) is 4.44. The Bertz CT molecular complexity index is 2390. The molecule has 0 aliphatic carbocycles. The number of aryl methyl sites for hydroxylation is 2. The van der Waals surface area contributed by atoms with Gasteiger partial charge in [-0.15, -0.1) is 0 Å². The van der Waals surface area contributed by atoms with Crippen molar-refractivity contribution in [3.05, 3.63) is 131 Å². The van der Waals surface area contributed by atoms with Gasteiger partial charge in [-0.05, 0) is 63.1 Å². The van der Waals surface area contributed by atoms with Crippen LogP contribution in [0.3, 0.4) is 0 Å². The molecule has 2 unspecified atom stereocenters. The van der Waals surface area contributed by atoms with Crippen molar-refractivity contribution in [2.24, 2.45) is 0 Å². The molecule has 3 aliphatic rings. The molecule has 3 aliphatic heterocycles. The average molecular weight is 809 g/mol. The Morgan fingerprint density at radius 3 is 1.92 bits per heavy atom. The lowest BCUT2D eigenvalue weighted by atomic mass is 10.0. The van der Waals surface area contributed by atoms with Gasteiger partial charge in [0.15, 0.2) is 5.79 Å². The summed E-state index contributed by atoms with van der Waals surface area (Å²) in [6.45, 7) is 9.74. The summed E-state index contributed by atoms with van der Waals surface area (Å²) < 4.78 is 44.4. The first kappa shape index (κ1) is 40.6. The summed E-state index contributed by atoms with van der Waals surface area (Å²) in [5.41, 5.74) is 6.19. The van der Waals surface area contributed by atoms with Crippen molar-refractivity contribution in [2.75, 3.05) is 13.2 Å². The number of fused-ring (bicyclic) bond motifs is 3. The quantitative estimate of drug-likeness (QED) is 0.175. The molecule has 3 saturated heterocycles. The van der Waals surface area contributed by atoms with Gasteiger partial charge in [0.1, 0.15) is 55.1 Å². The van der Waals surface area contributed by atoms with Gasteiger partial charge in [-0.25, -0.2) is 19.0 Å². The number of benzene rings is 2. The lowest BCUT2D eigenvalue weighted by Crippen LogP contribution is -2.41. The highest BCUT2D eigenvalue weighted by atomic mass is 16.8. The van der Waals surface area contributed by atoms with E-state index in [-0.39, 0.29) is 12.7 Å². The molecule has 2 aromatic carbocycles. The van der Waals surface area contributed by atoms with E-state index in [1.807, 2.05) is 86.6 Å². The Kier molecular flexibility index (Phi) is 11.3. The third-order valence-corrected chi connectivity index (χ3v) is 10.7. The van der Waals surface area contributed by atoms with E-state index in [0.717, 1.165) is 33.5 Å². The molecule has 9 rings (SSSR count). The number of carbonyl (C=O) groups excluding carboxylic acids is 1. The molecule has 3 fully saturated rings. The summed E-state index contributed by atoms with van der Waals surface area (Å²) in [4.78, 5) is 19.6. The highest BCUT2D eigenvalue weighted by molar-refractivity contribution is 5.66. The SMILES string of the molecule is CC(=O)OC[C@H]1OC(O)(c2ccc3c(C)ncnn23)[C@@H]2OC(C)(C)O[C@@H]21.Cc1ncnn2c(C3(O)O[C@H](COCc4ccccc4)C[C@H]3OCc3ccccc3)ccc12. The van der Waals surface area contributed by atoms with Gasteiger partial charge < -0.3 is 43.4 Å². The molecule has 0 amide bonds. The molecular weight excluding hydrogens is 761 g/mol. The molecule has 16 nitrogen and oxygen atoms in total. The van der Waals surface area contributed by atoms with Crippen LogP contribution in [0.25, 0.3) is 11.0 Å². The van der Waals surface area contributed by atoms with Crippen molar-refractivity contribution >= 4 is 17.0 Å². The molecule has 0 radical (unpaired) electrons. The average Bonchev–Trinajstić information content (AvgIpc) is 4.04. The molecule has 2 N–H and O–H groups in total. The molecule has 310 valence electrons. The van der Waals surface area contributed by atoms with Gasteiger partial charge >= 0.3 is 5.97 Å². The van der Waals surface area contributed by atoms with E-state index in [1.54, 1.807) is 35.0 Å². The summed E-state index contributed by atoms with van der Waals surface area (Å²) in [5.74, 6) is -4.81. The second-order valence-electron chi connectivity index (χ2n) is 15.4. The van der Waals surface area contributed by atoms with Crippen LogP contribution in [0.15, 0.2) is 97.6 Å². The minimum atomic E-state index is -1.81. The van der Waals surface area contributed by atoms with Gasteiger partial charge in [-0.1, -0.05) is 60.7 Å². The van der Waals surface area contributed by atoms with Gasteiger partial charge in [0, 0.05) is 13.3 Å². The van der Waals surface area contributed by atoms with Gasteiger partial charge in [0.25, 0.3) is 0 Å². The number of hydrogen-bond acceptors (Lipinski definition) is 14. The maximum absolute atomic E-state index is 11.8. The molecule has 0 spiro atoms. The van der Waals surface area contributed by atoms with Crippen molar-refractivity contribution in [2.45, 2.75) is 102 Å². The maximum atomic E-state index is 11.8. The molecule has 7 atom stereocenters. The first-order valence-corrected chi connectivity index (χ1v) is 19.5. The first-order chi connectivity index (χ1) is 28.3. The number of aromatic nitrogens is 6. The summed E-state index contributed by atoms with van der Waals surface area (Å²) in [6.07, 6.45) is 0.399. The van der Waals surface area contributed by atoms with Gasteiger partial charge in [0.2, 0.25) is 11.6 Å². The zero-order valence-corrected chi connectivity index (χ0v) is 33.5. The van der Waals surface area contributed by atoms with Crippen molar-refractivity contribution < 1.29 is 48.2 Å². The second kappa shape index (κ2) is 16.5. The fourth-order valence-electron chi connectivity index (χ4n) is 7.86. The fraction of sp³-hybridized carbons (Fsp3) is 0.419. The number of nitrogens with zero attached hydrogens (tertiary/aromatic N) is 6. The smallest absolute Gasteiger partial charge is 0.302 e. The number of esters is 1. The van der Waals surface area contributed by atoms with Crippen LogP contribution in [0, 0.1) is 13.8 Å². The van der Waals surface area contributed by atoms with Gasteiger partial charge in [-0.2, -0.15) is 10.2 Å². The zero-order valence-electron chi connectivity index (χ0n) is 33.5. The van der Waals surface area contributed by atoms with Crippen LogP contribution in [0.2, 0.25) is 0 Å². The van der Waals surface area contributed by atoms with E-state index in [0.29, 0.717) is 37.6 Å². The van der Waals surface area contributed by atoms with Crippen molar-refractivity contribution in [3.63, 3.8) is 0 Å². The standard InChI is InChI=1S/C26H27N3O4.C17H21N3O6/c1-19-23-12-13-24(29(23)28-18-27-19)26(30)25(32-16-21-10-6-3-7-11-21)14-22(33-26)17-31-15-20-8-4-2-5-9-20;1-9-11-5-6-13(20(11)19-8-18-9)17(22)15-14(25-16(3,4)26-15)12(24-17)7-23-10(2)21/h2-13,18,22,25,30H,14-17H2,1H3;5-6,8,12,14-15,22H,7H2,1-4H3/t22-,25+,26?;12-,14-,15-,17?/m01/s1. The van der Waals surface area contributed by atoms with Gasteiger partial charge in [0.05, 0.1) is 48.3 Å². The van der Waals surface area contributed by atoms with Crippen LogP contribution >= 0.6 is 0 Å². The van der Waals surface area contributed by atoms with E-state index in [1.165, 1.54) is 19.6 Å². The minimum Gasteiger partial charge on any atom is -0.463 e. The van der Waals surface area contributed by atoms with E-state index >= 15 is 0 Å². The maximum Gasteiger partial charge on any atom is 0.302 e. The minimum absolute atomic E-state index is 0.0461. The summed E-state index contributed by atoms with van der Waals surface area (Å²) in [6, 6.07) is 27.1. The Hall–Kier alpha value is -5.17. The molecule has 6 aromatic rings. The van der Waals surface area contributed by atoms with E-state index in [2.05, 4.69) is 20.2 Å². The molecule has 59 heavy (non-hydrogen) atoms. The first-order valence-electron chi connectivity index (χ1n) is 19.5. The van der Waals surface area contributed by atoms with Crippen LogP contribution in [0.5, 0.6) is 0 Å². The molecule has 0 bridgehead atoms.